The second-order valence-corrected chi connectivity index (χ2v) is 13.7. The van der Waals surface area contributed by atoms with E-state index in [0.717, 1.165) is 47.3 Å². The van der Waals surface area contributed by atoms with Crippen LogP contribution in [0.1, 0.15) is 43.2 Å². The fraction of sp³-hybridized carbons (Fsp3) is 0.290. The van der Waals surface area contributed by atoms with Crippen LogP contribution in [0.15, 0.2) is 72.8 Å². The molecule has 8 nitrogen and oxygen atoms in total. The van der Waals surface area contributed by atoms with Crippen LogP contribution in [0, 0.1) is 16.0 Å². The molecule has 218 valence electrons. The summed E-state index contributed by atoms with van der Waals surface area (Å²) in [6.07, 6.45) is 1.79. The van der Waals surface area contributed by atoms with Crippen LogP contribution in [0.25, 0.3) is 11.1 Å². The predicted octanol–water partition coefficient (Wildman–Crippen LogP) is 5.49. The molecule has 1 fully saturated rings. The first kappa shape index (κ1) is 29.8. The Morgan fingerprint density at radius 3 is 2.48 bits per heavy atom. The molecule has 1 saturated heterocycles. The van der Waals surface area contributed by atoms with Gasteiger partial charge in [-0.05, 0) is 35.4 Å². The number of unbranched alkanes of at least 4 members (excludes halogenated alkanes) is 2. The number of ether oxygens (including phenoxy) is 1. The van der Waals surface area contributed by atoms with Crippen molar-refractivity contribution in [1.29, 1.82) is 5.26 Å². The number of carbonyl (C=O) groups is 1. The van der Waals surface area contributed by atoms with Crippen molar-refractivity contribution in [2.75, 3.05) is 5.32 Å². The van der Waals surface area contributed by atoms with Crippen molar-refractivity contribution < 1.29 is 31.6 Å². The molecular formula is C31H29FN2O6SSe. The molecule has 3 aromatic carbocycles. The molecule has 0 aliphatic carbocycles. The van der Waals surface area contributed by atoms with E-state index in [0.29, 0.717) is 17.7 Å². The van der Waals surface area contributed by atoms with Gasteiger partial charge in [0.05, 0.1) is 6.10 Å². The third-order valence-electron chi connectivity index (χ3n) is 7.24. The van der Waals surface area contributed by atoms with Crippen molar-refractivity contribution in [2.45, 2.75) is 54.9 Å². The molecule has 0 radical (unpaired) electrons. The molecule has 3 aromatic rings. The van der Waals surface area contributed by atoms with Gasteiger partial charge in [0.1, 0.15) is 28.7 Å². The number of rotatable bonds is 12. The Labute approximate surface area is 250 Å². The second-order valence-electron chi connectivity index (χ2n) is 10.1. The van der Waals surface area contributed by atoms with Crippen LogP contribution in [-0.2, 0) is 19.6 Å². The molecular weight excluding hydrogens is 626 g/mol. The summed E-state index contributed by atoms with van der Waals surface area (Å²) in [4.78, 5) is 14.6. The number of hydrogen-bond donors (Lipinski definition) is 2. The number of amides is 1. The number of benzene rings is 3. The number of nitrogens with zero attached hydrogens (tertiary/aromatic N) is 1. The Morgan fingerprint density at radius 2 is 1.76 bits per heavy atom. The zero-order valence-electron chi connectivity index (χ0n) is 22.5. The number of halogens is 1. The maximum atomic E-state index is 13.7. The molecule has 3 atom stereocenters. The summed E-state index contributed by atoms with van der Waals surface area (Å²) in [7, 11) is -4.19. The summed E-state index contributed by atoms with van der Waals surface area (Å²) in [6.45, 7) is 0. The average Bonchev–Trinajstić information content (AvgIpc) is 3.56. The van der Waals surface area contributed by atoms with Gasteiger partial charge in [-0.3, -0.25) is 0 Å². The first-order valence-electron chi connectivity index (χ1n) is 13.5. The zero-order valence-corrected chi connectivity index (χ0v) is 25.1. The SMILES string of the molecule is N#C[Se]CCCCCC(=O)Nc1ccc(C2=C(c3ccc(O)cc3)C3CC(S(=O)(=O)Oc4cccc(F)c4)C2O3)cc1. The minimum absolute atomic E-state index is 0.0178. The number of carbonyl (C=O) groups excluding carboxylic acids is 1. The molecule has 1 amide bonds. The van der Waals surface area contributed by atoms with Crippen LogP contribution in [0.5, 0.6) is 11.5 Å². The molecule has 2 aliphatic rings. The van der Waals surface area contributed by atoms with E-state index in [1.54, 1.807) is 36.4 Å². The number of phenols is 1. The van der Waals surface area contributed by atoms with E-state index >= 15 is 0 Å². The molecule has 3 unspecified atom stereocenters. The van der Waals surface area contributed by atoms with Gasteiger partial charge in [0.25, 0.3) is 0 Å². The van der Waals surface area contributed by atoms with E-state index in [1.165, 1.54) is 18.2 Å². The molecule has 0 saturated carbocycles. The molecule has 2 aliphatic heterocycles. The summed E-state index contributed by atoms with van der Waals surface area (Å²) >= 11 is 0.0178. The zero-order chi connectivity index (χ0) is 29.7. The fourth-order valence-corrected chi connectivity index (χ4v) is 7.68. The second kappa shape index (κ2) is 13.1. The van der Waals surface area contributed by atoms with Gasteiger partial charge in [0.2, 0.25) is 0 Å². The first-order valence-corrected chi connectivity index (χ1v) is 17.1. The number of hydrogen-bond acceptors (Lipinski definition) is 7. The van der Waals surface area contributed by atoms with Crippen molar-refractivity contribution in [1.82, 2.24) is 0 Å². The summed E-state index contributed by atoms with van der Waals surface area (Å²) < 4.78 is 51.9. The number of nitriles is 1. The van der Waals surface area contributed by atoms with Crippen LogP contribution in [0.2, 0.25) is 5.32 Å². The number of fused-ring (bicyclic) bond motifs is 2. The molecule has 0 aromatic heterocycles. The topological polar surface area (TPSA) is 126 Å². The fourth-order valence-electron chi connectivity index (χ4n) is 5.35. The van der Waals surface area contributed by atoms with Gasteiger partial charge in [-0.2, -0.15) is 8.42 Å². The van der Waals surface area contributed by atoms with Gasteiger partial charge >= 0.3 is 123 Å². The molecule has 2 heterocycles. The average molecular weight is 656 g/mol. The normalized spacial score (nSPS) is 19.5. The van der Waals surface area contributed by atoms with E-state index in [1.807, 2.05) is 12.1 Å². The first-order chi connectivity index (χ1) is 20.2. The Morgan fingerprint density at radius 1 is 1.05 bits per heavy atom. The third kappa shape index (κ3) is 6.85. The monoisotopic (exact) mass is 656 g/mol. The molecule has 5 rings (SSSR count). The van der Waals surface area contributed by atoms with Gasteiger partial charge in [0, 0.05) is 12.5 Å². The number of phenolic OH excluding ortho intramolecular Hbond substituents is 1. The number of nitrogens with one attached hydrogen (secondary N) is 1. The molecule has 2 bridgehead atoms. The van der Waals surface area contributed by atoms with Crippen LogP contribution < -0.4 is 9.50 Å². The van der Waals surface area contributed by atoms with Gasteiger partial charge in [-0.25, -0.2) is 4.39 Å². The van der Waals surface area contributed by atoms with Gasteiger partial charge in [0.15, 0.2) is 0 Å². The Balaban J connectivity index is 1.36. The maximum absolute atomic E-state index is 13.7. The van der Waals surface area contributed by atoms with Crippen molar-refractivity contribution in [3.05, 3.63) is 89.7 Å². The Kier molecular flexibility index (Phi) is 9.29. The van der Waals surface area contributed by atoms with Gasteiger partial charge in [-0.15, -0.1) is 0 Å². The third-order valence-corrected chi connectivity index (χ3v) is 10.2. The number of aromatic hydroxyl groups is 1. The summed E-state index contributed by atoms with van der Waals surface area (Å²) in [5, 5.41) is 21.2. The summed E-state index contributed by atoms with van der Waals surface area (Å²) in [6, 6.07) is 18.8. The van der Waals surface area contributed by atoms with Crippen LogP contribution in [0.3, 0.4) is 0 Å². The van der Waals surface area contributed by atoms with Crippen molar-refractivity contribution in [2.24, 2.45) is 0 Å². The quantitative estimate of drug-likeness (QED) is 0.150. The van der Waals surface area contributed by atoms with E-state index in [2.05, 4.69) is 10.3 Å². The predicted molar refractivity (Wildman–Crippen MR) is 158 cm³/mol. The molecule has 2 N–H and O–H groups in total. The van der Waals surface area contributed by atoms with E-state index < -0.39 is 33.4 Å². The standard InChI is InChI=1S/C31H29FN2O6SSe/c32-22-5-4-6-25(17-22)40-41(37,38)27-18-26-29(20-10-14-24(35)15-11-20)30(31(27)39-26)21-8-12-23(13-9-21)34-28(36)7-2-1-3-16-42-19-33/h4-6,8-15,17,26-27,31,35H,1-3,7,16,18H2,(H,34,36). The molecule has 42 heavy (non-hydrogen) atoms. The van der Waals surface area contributed by atoms with Gasteiger partial charge < -0.3 is 14.0 Å². The number of anilines is 1. The van der Waals surface area contributed by atoms with Crippen LogP contribution in [0.4, 0.5) is 10.1 Å². The molecule has 0 spiro atoms. The van der Waals surface area contributed by atoms with Gasteiger partial charge in [-0.1, -0.05) is 18.2 Å². The van der Waals surface area contributed by atoms with Crippen molar-refractivity contribution in [3.8, 4) is 16.5 Å². The Hall–Kier alpha value is -3.68. The molecule has 11 heteroatoms. The minimum atomic E-state index is -4.19. The van der Waals surface area contributed by atoms with Crippen molar-refractivity contribution in [3.63, 3.8) is 0 Å². The summed E-state index contributed by atoms with van der Waals surface area (Å²) in [5.74, 6) is -0.700. The van der Waals surface area contributed by atoms with Crippen LogP contribution in [-0.4, -0.2) is 51.8 Å². The Bertz CT molecular complexity index is 1620. The van der Waals surface area contributed by atoms with Crippen molar-refractivity contribution >= 4 is 47.8 Å². The summed E-state index contributed by atoms with van der Waals surface area (Å²) in [5.41, 5.74) is 3.65. The van der Waals surface area contributed by atoms with E-state index in [-0.39, 0.29) is 38.8 Å². The van der Waals surface area contributed by atoms with E-state index in [4.69, 9.17) is 14.2 Å². The van der Waals surface area contributed by atoms with Crippen LogP contribution >= 0.6 is 0 Å². The van der Waals surface area contributed by atoms with E-state index in [9.17, 15) is 22.7 Å².